The highest BCUT2D eigenvalue weighted by Crippen LogP contribution is 2.22. The quantitative estimate of drug-likeness (QED) is 0.604. The maximum absolute atomic E-state index is 12.9. The summed E-state index contributed by atoms with van der Waals surface area (Å²) in [4.78, 5) is 23.4. The molecule has 0 saturated heterocycles. The molecule has 0 aromatic heterocycles. The zero-order chi connectivity index (χ0) is 19.2. The van der Waals surface area contributed by atoms with E-state index in [0.717, 1.165) is 0 Å². The molecule has 0 unspecified atom stereocenters. The second kappa shape index (κ2) is 8.32. The van der Waals surface area contributed by atoms with Crippen LogP contribution in [0.25, 0.3) is 0 Å². The summed E-state index contributed by atoms with van der Waals surface area (Å²) in [7, 11) is 0. The smallest absolute Gasteiger partial charge is 0.405 e. The largest absolute Gasteiger partial charge is 0.452 e. The summed E-state index contributed by atoms with van der Waals surface area (Å²) in [6, 6.07) is 11.5. The van der Waals surface area contributed by atoms with Gasteiger partial charge in [-0.05, 0) is 36.4 Å². The first-order valence-corrected chi connectivity index (χ1v) is 7.37. The Morgan fingerprint density at radius 3 is 2.31 bits per heavy atom. The average Bonchev–Trinajstić information content (AvgIpc) is 2.59. The van der Waals surface area contributed by atoms with Crippen LogP contribution in [0.15, 0.2) is 48.5 Å². The molecular formula is C17H14F4N2O3. The molecule has 0 radical (unpaired) electrons. The Balaban J connectivity index is 1.98. The van der Waals surface area contributed by atoms with Crippen molar-refractivity contribution in [2.24, 2.45) is 0 Å². The van der Waals surface area contributed by atoms with Crippen molar-refractivity contribution in [3.8, 4) is 0 Å². The van der Waals surface area contributed by atoms with Gasteiger partial charge in [-0.3, -0.25) is 4.79 Å². The minimum atomic E-state index is -4.55. The fourth-order valence-electron chi connectivity index (χ4n) is 1.92. The van der Waals surface area contributed by atoms with Gasteiger partial charge in [0.1, 0.15) is 12.4 Å². The second-order valence-electron chi connectivity index (χ2n) is 5.15. The number of carbonyl (C=O) groups excluding carboxylic acids is 2. The molecule has 1 amide bonds. The molecule has 0 aliphatic carbocycles. The SMILES string of the molecule is O=C(COC(=O)c1ccccc1Nc1ccc(F)cc1)NCC(F)(F)F. The molecule has 2 aromatic rings. The molecule has 0 bridgehead atoms. The third-order valence-electron chi connectivity index (χ3n) is 3.09. The van der Waals surface area contributed by atoms with Gasteiger partial charge < -0.3 is 15.4 Å². The van der Waals surface area contributed by atoms with Crippen LogP contribution in [0.1, 0.15) is 10.4 Å². The van der Waals surface area contributed by atoms with E-state index in [1.165, 1.54) is 30.3 Å². The molecule has 0 fully saturated rings. The maximum Gasteiger partial charge on any atom is 0.405 e. The van der Waals surface area contributed by atoms with E-state index in [2.05, 4.69) is 5.32 Å². The molecule has 26 heavy (non-hydrogen) atoms. The third kappa shape index (κ3) is 6.08. The maximum atomic E-state index is 12.9. The molecule has 0 aliphatic rings. The minimum Gasteiger partial charge on any atom is -0.452 e. The molecule has 9 heteroatoms. The van der Waals surface area contributed by atoms with Crippen molar-refractivity contribution < 1.29 is 31.9 Å². The highest BCUT2D eigenvalue weighted by Gasteiger charge is 2.27. The van der Waals surface area contributed by atoms with Gasteiger partial charge in [0.2, 0.25) is 0 Å². The monoisotopic (exact) mass is 370 g/mol. The molecule has 2 N–H and O–H groups in total. The molecule has 0 spiro atoms. The topological polar surface area (TPSA) is 67.4 Å². The van der Waals surface area contributed by atoms with Gasteiger partial charge >= 0.3 is 12.1 Å². The number of rotatable bonds is 6. The number of alkyl halides is 3. The van der Waals surface area contributed by atoms with Crippen LogP contribution in [-0.4, -0.2) is 31.2 Å². The number of halogens is 4. The Labute approximate surface area is 146 Å². The van der Waals surface area contributed by atoms with Crippen LogP contribution in [0, 0.1) is 5.82 Å². The lowest BCUT2D eigenvalue weighted by molar-refractivity contribution is -0.140. The van der Waals surface area contributed by atoms with Crippen molar-refractivity contribution in [3.63, 3.8) is 0 Å². The second-order valence-corrected chi connectivity index (χ2v) is 5.15. The van der Waals surface area contributed by atoms with Gasteiger partial charge in [0.15, 0.2) is 6.61 Å². The highest BCUT2D eigenvalue weighted by molar-refractivity contribution is 5.97. The molecule has 0 heterocycles. The summed E-state index contributed by atoms with van der Waals surface area (Å²) < 4.78 is 53.7. The third-order valence-corrected chi connectivity index (χ3v) is 3.09. The van der Waals surface area contributed by atoms with E-state index < -0.39 is 37.0 Å². The van der Waals surface area contributed by atoms with Gasteiger partial charge in [0.25, 0.3) is 5.91 Å². The normalized spacial score (nSPS) is 10.9. The molecule has 2 aromatic carbocycles. The fraction of sp³-hybridized carbons (Fsp3) is 0.176. The van der Waals surface area contributed by atoms with Gasteiger partial charge in [-0.1, -0.05) is 12.1 Å². The lowest BCUT2D eigenvalue weighted by atomic mass is 10.1. The summed E-state index contributed by atoms with van der Waals surface area (Å²) in [6.07, 6.45) is -4.55. The first-order valence-electron chi connectivity index (χ1n) is 7.37. The summed E-state index contributed by atoms with van der Waals surface area (Å²) in [5.41, 5.74) is 0.912. The van der Waals surface area contributed by atoms with Gasteiger partial charge in [-0.15, -0.1) is 0 Å². The lowest BCUT2D eigenvalue weighted by Crippen LogP contribution is -2.36. The lowest BCUT2D eigenvalue weighted by Gasteiger charge is -2.12. The van der Waals surface area contributed by atoms with Crippen LogP contribution in [-0.2, 0) is 9.53 Å². The molecule has 0 saturated carbocycles. The molecule has 0 aliphatic heterocycles. The first kappa shape index (κ1) is 19.2. The number of para-hydroxylation sites is 1. The van der Waals surface area contributed by atoms with E-state index in [4.69, 9.17) is 4.74 Å². The van der Waals surface area contributed by atoms with Gasteiger partial charge in [0.05, 0.1) is 11.3 Å². The zero-order valence-electron chi connectivity index (χ0n) is 13.3. The number of hydrogen-bond donors (Lipinski definition) is 2. The molecule has 5 nitrogen and oxygen atoms in total. The molecular weight excluding hydrogens is 356 g/mol. The fourth-order valence-corrected chi connectivity index (χ4v) is 1.92. The Kier molecular flexibility index (Phi) is 6.16. The van der Waals surface area contributed by atoms with E-state index in [-0.39, 0.29) is 5.56 Å². The van der Waals surface area contributed by atoms with Crippen molar-refractivity contribution in [2.75, 3.05) is 18.5 Å². The Morgan fingerprint density at radius 1 is 1.00 bits per heavy atom. The van der Waals surface area contributed by atoms with Crippen LogP contribution >= 0.6 is 0 Å². The van der Waals surface area contributed by atoms with Crippen molar-refractivity contribution in [1.82, 2.24) is 5.32 Å². The molecule has 138 valence electrons. The standard InChI is InChI=1S/C17H14F4N2O3/c18-11-5-7-12(8-6-11)23-14-4-2-1-3-13(14)16(25)26-9-15(24)22-10-17(19,20)21/h1-8,23H,9-10H2,(H,22,24). The highest BCUT2D eigenvalue weighted by atomic mass is 19.4. The van der Waals surface area contributed by atoms with Crippen molar-refractivity contribution in [2.45, 2.75) is 6.18 Å². The summed E-state index contributed by atoms with van der Waals surface area (Å²) >= 11 is 0. The predicted molar refractivity (Wildman–Crippen MR) is 85.5 cm³/mol. The minimum absolute atomic E-state index is 0.0699. The Morgan fingerprint density at radius 2 is 1.65 bits per heavy atom. The van der Waals surface area contributed by atoms with Crippen LogP contribution in [0.2, 0.25) is 0 Å². The predicted octanol–water partition coefficient (Wildman–Crippen LogP) is 3.40. The number of ether oxygens (including phenoxy) is 1. The number of amides is 1. The molecule has 2 rings (SSSR count). The van der Waals surface area contributed by atoms with Crippen molar-refractivity contribution in [3.05, 3.63) is 59.9 Å². The van der Waals surface area contributed by atoms with E-state index in [0.29, 0.717) is 11.4 Å². The van der Waals surface area contributed by atoms with Crippen molar-refractivity contribution >= 4 is 23.3 Å². The van der Waals surface area contributed by atoms with E-state index in [1.807, 2.05) is 0 Å². The molecule has 0 atom stereocenters. The van der Waals surface area contributed by atoms with Gasteiger partial charge in [-0.25, -0.2) is 9.18 Å². The Bertz CT molecular complexity index is 776. The summed E-state index contributed by atoms with van der Waals surface area (Å²) in [6.45, 7) is -2.36. The van der Waals surface area contributed by atoms with E-state index in [1.54, 1.807) is 23.5 Å². The van der Waals surface area contributed by atoms with Gasteiger partial charge in [0, 0.05) is 5.69 Å². The van der Waals surface area contributed by atoms with E-state index >= 15 is 0 Å². The number of hydrogen-bond acceptors (Lipinski definition) is 4. The number of carbonyl (C=O) groups is 2. The van der Waals surface area contributed by atoms with Crippen molar-refractivity contribution in [1.29, 1.82) is 0 Å². The van der Waals surface area contributed by atoms with Gasteiger partial charge in [-0.2, -0.15) is 13.2 Å². The zero-order valence-corrected chi connectivity index (χ0v) is 13.3. The Hall–Kier alpha value is -3.10. The van der Waals surface area contributed by atoms with Crippen LogP contribution in [0.5, 0.6) is 0 Å². The van der Waals surface area contributed by atoms with Crippen LogP contribution in [0.3, 0.4) is 0 Å². The number of esters is 1. The number of benzene rings is 2. The van der Waals surface area contributed by atoms with E-state index in [9.17, 15) is 27.2 Å². The van der Waals surface area contributed by atoms with Crippen LogP contribution in [0.4, 0.5) is 28.9 Å². The first-order chi connectivity index (χ1) is 12.2. The average molecular weight is 370 g/mol. The summed E-state index contributed by atoms with van der Waals surface area (Å²) in [5.74, 6) is -2.38. The summed E-state index contributed by atoms with van der Waals surface area (Å²) in [5, 5.41) is 4.49. The number of anilines is 2. The van der Waals surface area contributed by atoms with Crippen LogP contribution < -0.4 is 10.6 Å². The number of nitrogens with one attached hydrogen (secondary N) is 2.